The number of ether oxygens (including phenoxy) is 1. The van der Waals surface area contributed by atoms with Crippen molar-refractivity contribution in [2.45, 2.75) is 76.8 Å². The molecule has 1 aromatic carbocycles. The van der Waals surface area contributed by atoms with Crippen LogP contribution in [0.15, 0.2) is 18.2 Å². The van der Waals surface area contributed by atoms with Gasteiger partial charge >= 0.3 is 0 Å². The van der Waals surface area contributed by atoms with Crippen LogP contribution in [0.4, 0.5) is 0 Å². The van der Waals surface area contributed by atoms with E-state index in [9.17, 15) is 0 Å². The Bertz CT molecular complexity index is 580. The van der Waals surface area contributed by atoms with E-state index in [0.717, 1.165) is 24.8 Å². The monoisotopic (exact) mass is 356 g/mol. The molecule has 0 spiro atoms. The average molecular weight is 357 g/mol. The van der Waals surface area contributed by atoms with E-state index in [1.807, 2.05) is 0 Å². The van der Waals surface area contributed by atoms with Gasteiger partial charge in [-0.05, 0) is 94.8 Å². The van der Waals surface area contributed by atoms with E-state index < -0.39 is 0 Å². The first kappa shape index (κ1) is 18.3. The molecule has 0 saturated carbocycles. The number of likely N-dealkylation sites (tertiary alicyclic amines) is 2. The zero-order chi connectivity index (χ0) is 17.8. The van der Waals surface area contributed by atoms with Gasteiger partial charge in [-0.25, -0.2) is 0 Å². The molecule has 2 atom stereocenters. The molecule has 26 heavy (non-hydrogen) atoms. The predicted octanol–water partition coefficient (Wildman–Crippen LogP) is 4.80. The molecule has 0 bridgehead atoms. The van der Waals surface area contributed by atoms with Crippen LogP contribution in [0.2, 0.25) is 0 Å². The van der Waals surface area contributed by atoms with Crippen molar-refractivity contribution in [1.82, 2.24) is 9.80 Å². The smallest absolute Gasteiger partial charge is 0.119 e. The highest BCUT2D eigenvalue weighted by atomic mass is 16.5. The summed E-state index contributed by atoms with van der Waals surface area (Å²) in [6.07, 6.45) is 12.0. The van der Waals surface area contributed by atoms with Crippen LogP contribution >= 0.6 is 0 Å². The third kappa shape index (κ3) is 4.26. The zero-order valence-corrected chi connectivity index (χ0v) is 16.6. The van der Waals surface area contributed by atoms with Crippen molar-refractivity contribution in [3.63, 3.8) is 0 Å². The van der Waals surface area contributed by atoms with Crippen LogP contribution in [0.1, 0.15) is 75.5 Å². The van der Waals surface area contributed by atoms with Gasteiger partial charge in [-0.2, -0.15) is 0 Å². The van der Waals surface area contributed by atoms with Crippen molar-refractivity contribution >= 4 is 0 Å². The quantitative estimate of drug-likeness (QED) is 0.681. The third-order valence-electron chi connectivity index (χ3n) is 6.75. The number of aryl methyl sites for hydroxylation is 1. The molecule has 1 aromatic rings. The number of benzene rings is 1. The average Bonchev–Trinajstić information content (AvgIpc) is 3.16. The molecule has 0 aromatic heterocycles. The standard InChI is InChI=1S/C23H36N2O/c1-19-8-6-16-25(19)23-12-9-20-18-21(10-11-22(20)23)26-17-7-15-24-13-4-2-3-5-14-24/h10-11,18-19,23H,2-9,12-17H2,1H3. The van der Waals surface area contributed by atoms with Gasteiger partial charge in [0.05, 0.1) is 6.61 Å². The van der Waals surface area contributed by atoms with E-state index in [1.54, 1.807) is 5.56 Å². The van der Waals surface area contributed by atoms with Crippen LogP contribution in [0.3, 0.4) is 0 Å². The molecule has 0 N–H and O–H groups in total. The van der Waals surface area contributed by atoms with Gasteiger partial charge in [0, 0.05) is 18.6 Å². The summed E-state index contributed by atoms with van der Waals surface area (Å²) in [4.78, 5) is 5.36. The van der Waals surface area contributed by atoms with Crippen LogP contribution in [0.25, 0.3) is 0 Å². The Morgan fingerprint density at radius 1 is 1.00 bits per heavy atom. The van der Waals surface area contributed by atoms with Gasteiger partial charge in [0.1, 0.15) is 5.75 Å². The molecule has 2 aliphatic heterocycles. The Balaban J connectivity index is 1.26. The van der Waals surface area contributed by atoms with E-state index >= 15 is 0 Å². The van der Waals surface area contributed by atoms with Gasteiger partial charge in [0.25, 0.3) is 0 Å². The van der Waals surface area contributed by atoms with E-state index in [2.05, 4.69) is 34.9 Å². The number of hydrogen-bond donors (Lipinski definition) is 0. The Labute approximate surface area is 159 Å². The number of nitrogens with zero attached hydrogens (tertiary/aromatic N) is 2. The van der Waals surface area contributed by atoms with Crippen LogP contribution in [-0.2, 0) is 6.42 Å². The summed E-state index contributed by atoms with van der Waals surface area (Å²) in [6, 6.07) is 8.29. The van der Waals surface area contributed by atoms with Crippen molar-refractivity contribution in [3.8, 4) is 5.75 Å². The van der Waals surface area contributed by atoms with E-state index in [4.69, 9.17) is 4.74 Å². The topological polar surface area (TPSA) is 15.7 Å². The second kappa shape index (κ2) is 8.75. The van der Waals surface area contributed by atoms with Crippen molar-refractivity contribution in [2.75, 3.05) is 32.8 Å². The lowest BCUT2D eigenvalue weighted by Crippen LogP contribution is -2.30. The van der Waals surface area contributed by atoms with Crippen LogP contribution in [-0.4, -0.2) is 48.6 Å². The fourth-order valence-electron chi connectivity index (χ4n) is 5.26. The SMILES string of the molecule is CC1CCCN1C1CCc2cc(OCCCN3CCCCCC3)ccc21. The van der Waals surface area contributed by atoms with Gasteiger partial charge in [-0.15, -0.1) is 0 Å². The molecule has 4 rings (SSSR count). The Morgan fingerprint density at radius 2 is 1.85 bits per heavy atom. The van der Waals surface area contributed by atoms with E-state index in [1.165, 1.54) is 83.1 Å². The summed E-state index contributed by atoms with van der Waals surface area (Å²) in [7, 11) is 0. The van der Waals surface area contributed by atoms with Crippen LogP contribution in [0, 0.1) is 0 Å². The summed E-state index contributed by atoms with van der Waals surface area (Å²) < 4.78 is 6.10. The minimum Gasteiger partial charge on any atom is -0.494 e. The second-order valence-electron chi connectivity index (χ2n) is 8.60. The minimum absolute atomic E-state index is 0.652. The summed E-state index contributed by atoms with van der Waals surface area (Å²) in [5.74, 6) is 1.08. The van der Waals surface area contributed by atoms with Crippen molar-refractivity contribution in [3.05, 3.63) is 29.3 Å². The summed E-state index contributed by atoms with van der Waals surface area (Å²) in [6.45, 7) is 8.29. The summed E-state index contributed by atoms with van der Waals surface area (Å²) in [5, 5.41) is 0. The molecule has 2 unspecified atom stereocenters. The molecular weight excluding hydrogens is 320 g/mol. The van der Waals surface area contributed by atoms with Gasteiger partial charge in [-0.3, -0.25) is 4.90 Å². The third-order valence-corrected chi connectivity index (χ3v) is 6.75. The van der Waals surface area contributed by atoms with Crippen molar-refractivity contribution in [2.24, 2.45) is 0 Å². The fraction of sp³-hybridized carbons (Fsp3) is 0.739. The van der Waals surface area contributed by atoms with Gasteiger partial charge in [0.2, 0.25) is 0 Å². The highest BCUT2D eigenvalue weighted by Crippen LogP contribution is 2.40. The molecule has 0 radical (unpaired) electrons. The number of fused-ring (bicyclic) bond motifs is 1. The maximum absolute atomic E-state index is 6.10. The van der Waals surface area contributed by atoms with Gasteiger partial charge < -0.3 is 9.64 Å². The summed E-state index contributed by atoms with van der Waals surface area (Å²) in [5.41, 5.74) is 3.09. The number of rotatable bonds is 6. The summed E-state index contributed by atoms with van der Waals surface area (Å²) >= 11 is 0. The second-order valence-corrected chi connectivity index (χ2v) is 8.60. The highest BCUT2D eigenvalue weighted by Gasteiger charge is 2.33. The molecule has 2 heterocycles. The Morgan fingerprint density at radius 3 is 2.62 bits per heavy atom. The lowest BCUT2D eigenvalue weighted by molar-refractivity contribution is 0.190. The molecule has 3 heteroatoms. The molecule has 144 valence electrons. The lowest BCUT2D eigenvalue weighted by Gasteiger charge is -2.29. The Kier molecular flexibility index (Phi) is 6.16. The highest BCUT2D eigenvalue weighted by molar-refractivity contribution is 5.41. The zero-order valence-electron chi connectivity index (χ0n) is 16.6. The fourth-order valence-corrected chi connectivity index (χ4v) is 5.26. The molecule has 3 aliphatic rings. The van der Waals surface area contributed by atoms with Gasteiger partial charge in [0.15, 0.2) is 0 Å². The molecular formula is C23H36N2O. The first-order valence-electron chi connectivity index (χ1n) is 11.0. The maximum atomic E-state index is 6.10. The van der Waals surface area contributed by atoms with Crippen LogP contribution in [0.5, 0.6) is 5.75 Å². The predicted molar refractivity (Wildman–Crippen MR) is 108 cm³/mol. The van der Waals surface area contributed by atoms with Crippen LogP contribution < -0.4 is 4.74 Å². The lowest BCUT2D eigenvalue weighted by atomic mass is 10.1. The van der Waals surface area contributed by atoms with Crippen molar-refractivity contribution < 1.29 is 4.74 Å². The normalized spacial score (nSPS) is 27.4. The molecule has 0 amide bonds. The van der Waals surface area contributed by atoms with E-state index in [-0.39, 0.29) is 0 Å². The molecule has 2 saturated heterocycles. The first-order valence-corrected chi connectivity index (χ1v) is 11.0. The molecule has 2 fully saturated rings. The van der Waals surface area contributed by atoms with Gasteiger partial charge in [-0.1, -0.05) is 18.9 Å². The number of hydrogen-bond acceptors (Lipinski definition) is 3. The van der Waals surface area contributed by atoms with Crippen molar-refractivity contribution in [1.29, 1.82) is 0 Å². The van der Waals surface area contributed by atoms with E-state index in [0.29, 0.717) is 6.04 Å². The minimum atomic E-state index is 0.652. The Hall–Kier alpha value is -1.06. The maximum Gasteiger partial charge on any atom is 0.119 e. The molecule has 3 nitrogen and oxygen atoms in total. The molecule has 1 aliphatic carbocycles. The first-order chi connectivity index (χ1) is 12.8. The largest absolute Gasteiger partial charge is 0.494 e.